The molecule has 0 unspecified atom stereocenters. The van der Waals surface area contributed by atoms with Gasteiger partial charge in [-0.2, -0.15) is 18.3 Å². The molecule has 4 rings (SSSR count). The summed E-state index contributed by atoms with van der Waals surface area (Å²) in [6.07, 6.45) is -1.64. The Hall–Kier alpha value is -2.48. The number of hydrogen-bond acceptors (Lipinski definition) is 4. The molecule has 1 saturated carbocycles. The van der Waals surface area contributed by atoms with E-state index < -0.39 is 17.6 Å². The van der Waals surface area contributed by atoms with Crippen molar-refractivity contribution in [2.75, 3.05) is 0 Å². The van der Waals surface area contributed by atoms with Gasteiger partial charge in [-0.05, 0) is 31.9 Å². The lowest BCUT2D eigenvalue weighted by molar-refractivity contribution is -0.262. The minimum Gasteiger partial charge on any atom is -0.374 e. The number of nitrogens with zero attached hydrogens (tertiary/aromatic N) is 4. The Morgan fingerprint density at radius 1 is 1.16 bits per heavy atom. The standard InChI is InChI=1S/C17H15F3N4O/c1-16(25,17(18,19)20)15-22-14(11-7-8-11)23-24(15)12-6-2-4-10-5-3-9-21-13(10)12/h2-6,9,11,25H,7-8H2,1H3/t16-/m1/s1. The van der Waals surface area contributed by atoms with Gasteiger partial charge in [-0.15, -0.1) is 0 Å². The smallest absolute Gasteiger partial charge is 0.374 e. The quantitative estimate of drug-likeness (QED) is 0.787. The number of benzene rings is 1. The van der Waals surface area contributed by atoms with Crippen molar-refractivity contribution < 1.29 is 18.3 Å². The van der Waals surface area contributed by atoms with Gasteiger partial charge in [0.1, 0.15) is 0 Å². The molecule has 0 spiro atoms. The van der Waals surface area contributed by atoms with E-state index in [1.807, 2.05) is 12.1 Å². The van der Waals surface area contributed by atoms with Crippen LogP contribution in [0.3, 0.4) is 0 Å². The van der Waals surface area contributed by atoms with Gasteiger partial charge in [0.25, 0.3) is 0 Å². The Morgan fingerprint density at radius 3 is 2.56 bits per heavy atom. The average molecular weight is 348 g/mol. The van der Waals surface area contributed by atoms with Gasteiger partial charge in [-0.3, -0.25) is 4.98 Å². The monoisotopic (exact) mass is 348 g/mol. The van der Waals surface area contributed by atoms with E-state index in [2.05, 4.69) is 15.1 Å². The normalized spacial score (nSPS) is 17.6. The fraction of sp³-hybridized carbons (Fsp3) is 0.353. The highest BCUT2D eigenvalue weighted by Gasteiger charge is 2.55. The molecule has 130 valence electrons. The molecule has 0 saturated heterocycles. The lowest BCUT2D eigenvalue weighted by atomic mass is 10.1. The Labute approximate surface area is 141 Å². The van der Waals surface area contributed by atoms with Crippen LogP contribution in [-0.2, 0) is 5.60 Å². The highest BCUT2D eigenvalue weighted by Crippen LogP contribution is 2.42. The van der Waals surface area contributed by atoms with Crippen molar-refractivity contribution in [3.05, 3.63) is 48.2 Å². The minimum atomic E-state index is -4.88. The third-order valence-electron chi connectivity index (χ3n) is 4.39. The first kappa shape index (κ1) is 16.0. The van der Waals surface area contributed by atoms with Gasteiger partial charge in [0.05, 0.1) is 11.2 Å². The number of fused-ring (bicyclic) bond motifs is 1. The van der Waals surface area contributed by atoms with Gasteiger partial charge >= 0.3 is 6.18 Å². The molecule has 25 heavy (non-hydrogen) atoms. The molecule has 0 bridgehead atoms. The van der Waals surface area contributed by atoms with E-state index in [4.69, 9.17) is 0 Å². The van der Waals surface area contributed by atoms with Gasteiger partial charge in [0.2, 0.25) is 5.60 Å². The second-order valence-electron chi connectivity index (χ2n) is 6.40. The van der Waals surface area contributed by atoms with Crippen molar-refractivity contribution in [1.82, 2.24) is 19.7 Å². The van der Waals surface area contributed by atoms with E-state index in [-0.39, 0.29) is 5.92 Å². The highest BCUT2D eigenvalue weighted by atomic mass is 19.4. The minimum absolute atomic E-state index is 0.0481. The Morgan fingerprint density at radius 2 is 1.88 bits per heavy atom. The van der Waals surface area contributed by atoms with E-state index in [1.165, 1.54) is 0 Å². The SMILES string of the molecule is C[C@@](O)(c1nc(C2CC2)nn1-c1cccc2cccnc12)C(F)(F)F. The van der Waals surface area contributed by atoms with Crippen LogP contribution in [0.15, 0.2) is 36.5 Å². The van der Waals surface area contributed by atoms with Gasteiger partial charge in [0.15, 0.2) is 11.6 Å². The summed E-state index contributed by atoms with van der Waals surface area (Å²) in [5, 5.41) is 15.2. The zero-order chi connectivity index (χ0) is 17.8. The molecular weight excluding hydrogens is 333 g/mol. The molecule has 1 aliphatic carbocycles. The molecule has 1 aliphatic rings. The molecule has 0 aliphatic heterocycles. The summed E-state index contributed by atoms with van der Waals surface area (Å²) in [6.45, 7) is 0.697. The lowest BCUT2D eigenvalue weighted by Crippen LogP contribution is -2.41. The van der Waals surface area contributed by atoms with Crippen molar-refractivity contribution in [2.24, 2.45) is 0 Å². The Kier molecular flexibility index (Phi) is 3.37. The second kappa shape index (κ2) is 5.26. The Bertz CT molecular complexity index is 939. The first-order chi connectivity index (χ1) is 11.8. The first-order valence-electron chi connectivity index (χ1n) is 7.89. The van der Waals surface area contributed by atoms with Crippen molar-refractivity contribution in [3.8, 4) is 5.69 Å². The van der Waals surface area contributed by atoms with E-state index in [9.17, 15) is 18.3 Å². The molecule has 1 aromatic carbocycles. The molecule has 5 nitrogen and oxygen atoms in total. The predicted molar refractivity (Wildman–Crippen MR) is 84.3 cm³/mol. The predicted octanol–water partition coefficient (Wildman–Crippen LogP) is 3.46. The van der Waals surface area contributed by atoms with E-state index in [0.717, 1.165) is 22.9 Å². The van der Waals surface area contributed by atoms with Crippen LogP contribution in [0.5, 0.6) is 0 Å². The summed E-state index contributed by atoms with van der Waals surface area (Å²) >= 11 is 0. The number of halogens is 3. The van der Waals surface area contributed by atoms with Gasteiger partial charge in [-0.25, -0.2) is 9.67 Å². The fourth-order valence-corrected chi connectivity index (χ4v) is 2.71. The zero-order valence-electron chi connectivity index (χ0n) is 13.3. The molecule has 0 radical (unpaired) electrons. The fourth-order valence-electron chi connectivity index (χ4n) is 2.71. The van der Waals surface area contributed by atoms with Gasteiger partial charge < -0.3 is 5.11 Å². The average Bonchev–Trinajstić information content (AvgIpc) is 3.32. The van der Waals surface area contributed by atoms with E-state index >= 15 is 0 Å². The molecule has 0 amide bonds. The summed E-state index contributed by atoms with van der Waals surface area (Å²) in [5.41, 5.74) is -2.27. The molecule has 3 aromatic rings. The third-order valence-corrected chi connectivity index (χ3v) is 4.39. The Balaban J connectivity index is 1.98. The maximum Gasteiger partial charge on any atom is 0.424 e. The van der Waals surface area contributed by atoms with Crippen molar-refractivity contribution in [1.29, 1.82) is 0 Å². The number of alkyl halides is 3. The molecular formula is C17H15F3N4O. The third kappa shape index (κ3) is 2.57. The number of para-hydroxylation sites is 1. The molecule has 2 aromatic heterocycles. The van der Waals surface area contributed by atoms with Crippen molar-refractivity contribution in [2.45, 2.75) is 37.5 Å². The van der Waals surface area contributed by atoms with Crippen LogP contribution < -0.4 is 0 Å². The van der Waals surface area contributed by atoms with E-state index in [0.29, 0.717) is 24.0 Å². The number of hydrogen-bond donors (Lipinski definition) is 1. The summed E-state index contributed by atoms with van der Waals surface area (Å²) in [6, 6.07) is 8.70. The summed E-state index contributed by atoms with van der Waals surface area (Å²) in [7, 11) is 0. The molecule has 1 fully saturated rings. The molecule has 8 heteroatoms. The highest BCUT2D eigenvalue weighted by molar-refractivity contribution is 5.86. The molecule has 2 heterocycles. The first-order valence-corrected chi connectivity index (χ1v) is 7.89. The van der Waals surface area contributed by atoms with Crippen LogP contribution in [0.2, 0.25) is 0 Å². The van der Waals surface area contributed by atoms with Crippen LogP contribution in [-0.4, -0.2) is 31.0 Å². The van der Waals surface area contributed by atoms with Crippen LogP contribution in [0.1, 0.15) is 37.3 Å². The van der Waals surface area contributed by atoms with Crippen LogP contribution in [0, 0.1) is 0 Å². The van der Waals surface area contributed by atoms with Gasteiger partial charge in [-0.1, -0.05) is 18.2 Å². The zero-order valence-corrected chi connectivity index (χ0v) is 13.3. The van der Waals surface area contributed by atoms with Crippen LogP contribution >= 0.6 is 0 Å². The van der Waals surface area contributed by atoms with Crippen molar-refractivity contribution >= 4 is 10.9 Å². The summed E-state index contributed by atoms with van der Waals surface area (Å²) < 4.78 is 41.3. The maximum atomic E-state index is 13.4. The van der Waals surface area contributed by atoms with Crippen molar-refractivity contribution in [3.63, 3.8) is 0 Å². The lowest BCUT2D eigenvalue weighted by Gasteiger charge is -2.25. The molecule has 1 N–H and O–H groups in total. The second-order valence-corrected chi connectivity index (χ2v) is 6.40. The summed E-state index contributed by atoms with van der Waals surface area (Å²) in [4.78, 5) is 8.31. The topological polar surface area (TPSA) is 63.8 Å². The number of aliphatic hydroxyl groups is 1. The molecule has 1 atom stereocenters. The van der Waals surface area contributed by atoms with Crippen LogP contribution in [0.25, 0.3) is 16.6 Å². The van der Waals surface area contributed by atoms with Crippen LogP contribution in [0.4, 0.5) is 13.2 Å². The number of aromatic nitrogens is 4. The number of pyridine rings is 1. The largest absolute Gasteiger partial charge is 0.424 e. The van der Waals surface area contributed by atoms with Gasteiger partial charge in [0, 0.05) is 17.5 Å². The summed E-state index contributed by atoms with van der Waals surface area (Å²) in [5.74, 6) is -0.167. The maximum absolute atomic E-state index is 13.4. The van der Waals surface area contributed by atoms with E-state index in [1.54, 1.807) is 24.4 Å². The number of rotatable bonds is 3.